The van der Waals surface area contributed by atoms with Gasteiger partial charge in [0.1, 0.15) is 10.7 Å². The van der Waals surface area contributed by atoms with Crippen LogP contribution in [0.2, 0.25) is 0 Å². The van der Waals surface area contributed by atoms with Gasteiger partial charge in [-0.25, -0.2) is 13.2 Å². The fourth-order valence-corrected chi connectivity index (χ4v) is 4.96. The number of carbonyl (C=O) groups excluding carboxylic acids is 1. The van der Waals surface area contributed by atoms with Gasteiger partial charge in [0.05, 0.1) is 7.11 Å². The summed E-state index contributed by atoms with van der Waals surface area (Å²) in [5.74, 6) is -0.528. The lowest BCUT2D eigenvalue weighted by molar-refractivity contribution is 0.0563. The van der Waals surface area contributed by atoms with Crippen LogP contribution in [0.1, 0.15) is 49.4 Å². The number of furan rings is 1. The smallest absolute Gasteiger partial charge is 0.373 e. The number of sulfonamides is 1. The average Bonchev–Trinajstić information content (AvgIpc) is 2.99. The normalized spacial score (nSPS) is 20.2. The molecule has 1 fully saturated rings. The Morgan fingerprint density at radius 2 is 2.17 bits per heavy atom. The molecule has 0 aliphatic carbocycles. The van der Waals surface area contributed by atoms with Crippen LogP contribution in [-0.2, 0) is 21.2 Å². The Labute approximate surface area is 149 Å². The van der Waals surface area contributed by atoms with Crippen LogP contribution in [0.5, 0.6) is 0 Å². The number of rotatable bonds is 5. The van der Waals surface area contributed by atoms with E-state index in [9.17, 15) is 13.2 Å². The van der Waals surface area contributed by atoms with E-state index in [4.69, 9.17) is 10.2 Å². The first-order chi connectivity index (χ1) is 10.8. The van der Waals surface area contributed by atoms with Gasteiger partial charge < -0.3 is 14.9 Å². The molecule has 24 heavy (non-hydrogen) atoms. The minimum atomic E-state index is -3.77. The van der Waals surface area contributed by atoms with Gasteiger partial charge in [0.2, 0.25) is 15.8 Å². The second-order valence-electron chi connectivity index (χ2n) is 5.78. The molecule has 1 aliphatic rings. The minimum Gasteiger partial charge on any atom is -0.463 e. The predicted molar refractivity (Wildman–Crippen MR) is 91.9 cm³/mol. The van der Waals surface area contributed by atoms with Crippen LogP contribution in [0.15, 0.2) is 15.4 Å². The van der Waals surface area contributed by atoms with Gasteiger partial charge in [0.25, 0.3) is 0 Å². The van der Waals surface area contributed by atoms with Gasteiger partial charge in [0.15, 0.2) is 0 Å². The first kappa shape index (κ1) is 21.0. The number of piperidine rings is 1. The molecule has 0 bridgehead atoms. The first-order valence-corrected chi connectivity index (χ1v) is 9.25. The highest BCUT2D eigenvalue weighted by molar-refractivity contribution is 7.89. The second-order valence-corrected chi connectivity index (χ2v) is 7.64. The molecule has 2 heterocycles. The summed E-state index contributed by atoms with van der Waals surface area (Å²) in [7, 11) is -2.54. The van der Waals surface area contributed by atoms with E-state index in [1.807, 2.05) is 6.92 Å². The van der Waals surface area contributed by atoms with Crippen molar-refractivity contribution < 1.29 is 22.4 Å². The Hall–Kier alpha value is -1.09. The molecule has 7 nitrogen and oxygen atoms in total. The van der Waals surface area contributed by atoms with E-state index in [1.165, 1.54) is 17.5 Å². The Morgan fingerprint density at radius 1 is 1.50 bits per heavy atom. The molecule has 1 aliphatic heterocycles. The minimum absolute atomic E-state index is 0. The van der Waals surface area contributed by atoms with E-state index < -0.39 is 16.0 Å². The molecule has 2 N–H and O–H groups in total. The maximum absolute atomic E-state index is 13.1. The molecule has 9 heteroatoms. The molecule has 138 valence electrons. The number of halogens is 1. The molecular weight excluding hydrogens is 356 g/mol. The standard InChI is InChI=1S/C15H24N2O5S.ClH/c1-4-12-14(9-13(22-12)15(18)21-3)23(19,20)17-8-6-5-7-11(17)10(2)16;/h9-11H,4-8,16H2,1-3H3;1H. The predicted octanol–water partition coefficient (Wildman–Crippen LogP) is 1.94. The lowest BCUT2D eigenvalue weighted by Gasteiger charge is -2.36. The monoisotopic (exact) mass is 380 g/mol. The van der Waals surface area contributed by atoms with Gasteiger partial charge in [-0.05, 0) is 19.8 Å². The maximum Gasteiger partial charge on any atom is 0.373 e. The highest BCUT2D eigenvalue weighted by atomic mass is 35.5. The van der Waals surface area contributed by atoms with Gasteiger partial charge in [-0.15, -0.1) is 12.4 Å². The Balaban J connectivity index is 0.00000288. The average molecular weight is 381 g/mol. The molecule has 1 aromatic rings. The van der Waals surface area contributed by atoms with Gasteiger partial charge in [0, 0.05) is 31.1 Å². The molecule has 0 aromatic carbocycles. The largest absolute Gasteiger partial charge is 0.463 e. The number of hydrogen-bond acceptors (Lipinski definition) is 6. The van der Waals surface area contributed by atoms with E-state index in [-0.39, 0.29) is 40.9 Å². The molecule has 0 spiro atoms. The SMILES string of the molecule is CCc1oc(C(=O)OC)cc1S(=O)(=O)N1CCCCC1C(C)N.Cl. The van der Waals surface area contributed by atoms with E-state index >= 15 is 0 Å². The van der Waals surface area contributed by atoms with E-state index in [1.54, 1.807) is 6.92 Å². The van der Waals surface area contributed by atoms with E-state index in [0.29, 0.717) is 13.0 Å². The summed E-state index contributed by atoms with van der Waals surface area (Å²) in [4.78, 5) is 11.7. The third kappa shape index (κ3) is 3.93. The molecule has 1 saturated heterocycles. The summed E-state index contributed by atoms with van der Waals surface area (Å²) in [5, 5.41) is 0. The molecule has 1 aromatic heterocycles. The van der Waals surface area contributed by atoms with Crippen LogP contribution in [-0.4, -0.2) is 44.4 Å². The summed E-state index contributed by atoms with van der Waals surface area (Å²) >= 11 is 0. The Bertz CT molecular complexity index is 671. The fourth-order valence-electron chi connectivity index (χ4n) is 2.96. The van der Waals surface area contributed by atoms with Crippen molar-refractivity contribution in [3.05, 3.63) is 17.6 Å². The van der Waals surface area contributed by atoms with Crippen LogP contribution >= 0.6 is 12.4 Å². The number of hydrogen-bond donors (Lipinski definition) is 1. The van der Waals surface area contributed by atoms with Gasteiger partial charge in [-0.2, -0.15) is 4.31 Å². The topological polar surface area (TPSA) is 103 Å². The fraction of sp³-hybridized carbons (Fsp3) is 0.667. The molecule has 0 saturated carbocycles. The molecule has 2 atom stereocenters. The summed E-state index contributed by atoms with van der Waals surface area (Å²) < 4.78 is 37.6. The third-order valence-electron chi connectivity index (χ3n) is 4.17. The van der Waals surface area contributed by atoms with Crippen molar-refractivity contribution in [2.75, 3.05) is 13.7 Å². The number of ether oxygens (including phenoxy) is 1. The third-order valence-corrected chi connectivity index (χ3v) is 6.14. The number of aryl methyl sites for hydroxylation is 1. The molecular formula is C15H25ClN2O5S. The summed E-state index contributed by atoms with van der Waals surface area (Å²) in [6.07, 6.45) is 2.85. The van der Waals surface area contributed by atoms with Crippen LogP contribution < -0.4 is 5.73 Å². The second kappa shape index (κ2) is 8.33. The van der Waals surface area contributed by atoms with Crippen molar-refractivity contribution in [2.45, 2.75) is 56.5 Å². The Morgan fingerprint density at radius 3 is 2.71 bits per heavy atom. The zero-order chi connectivity index (χ0) is 17.2. The Kier molecular flexibility index (Phi) is 7.27. The lowest BCUT2D eigenvalue weighted by atomic mass is 10.00. The van der Waals surface area contributed by atoms with Gasteiger partial charge in [-0.3, -0.25) is 0 Å². The van der Waals surface area contributed by atoms with E-state index in [0.717, 1.165) is 19.3 Å². The molecule has 0 amide bonds. The first-order valence-electron chi connectivity index (χ1n) is 7.81. The molecule has 2 rings (SSSR count). The van der Waals surface area contributed by atoms with Gasteiger partial charge in [-0.1, -0.05) is 13.3 Å². The molecule has 0 radical (unpaired) electrons. The van der Waals surface area contributed by atoms with Crippen molar-refractivity contribution in [1.29, 1.82) is 0 Å². The summed E-state index contributed by atoms with van der Waals surface area (Å²) in [6, 6.07) is 0.754. The quantitative estimate of drug-likeness (QED) is 0.783. The van der Waals surface area contributed by atoms with Crippen molar-refractivity contribution >= 4 is 28.4 Å². The molecule has 2 unspecified atom stereocenters. The highest BCUT2D eigenvalue weighted by Gasteiger charge is 2.38. The number of carbonyl (C=O) groups is 1. The van der Waals surface area contributed by atoms with E-state index in [2.05, 4.69) is 4.74 Å². The highest BCUT2D eigenvalue weighted by Crippen LogP contribution is 2.30. The summed E-state index contributed by atoms with van der Waals surface area (Å²) in [5.41, 5.74) is 5.97. The van der Waals surface area contributed by atoms with Crippen molar-refractivity contribution in [1.82, 2.24) is 4.31 Å². The van der Waals surface area contributed by atoms with Crippen molar-refractivity contribution in [3.63, 3.8) is 0 Å². The van der Waals surface area contributed by atoms with Crippen molar-refractivity contribution in [2.24, 2.45) is 5.73 Å². The van der Waals surface area contributed by atoms with Crippen LogP contribution in [0.4, 0.5) is 0 Å². The number of nitrogens with zero attached hydrogens (tertiary/aromatic N) is 1. The number of methoxy groups -OCH3 is 1. The number of esters is 1. The van der Waals surface area contributed by atoms with Crippen LogP contribution in [0.25, 0.3) is 0 Å². The van der Waals surface area contributed by atoms with Gasteiger partial charge >= 0.3 is 5.97 Å². The maximum atomic E-state index is 13.1. The zero-order valence-electron chi connectivity index (χ0n) is 14.1. The van der Waals surface area contributed by atoms with Crippen molar-refractivity contribution in [3.8, 4) is 0 Å². The van der Waals surface area contributed by atoms with Crippen LogP contribution in [0, 0.1) is 0 Å². The van der Waals surface area contributed by atoms with Crippen LogP contribution in [0.3, 0.4) is 0 Å². The summed E-state index contributed by atoms with van der Waals surface area (Å²) in [6.45, 7) is 4.02. The lowest BCUT2D eigenvalue weighted by Crippen LogP contribution is -2.51. The zero-order valence-corrected chi connectivity index (χ0v) is 15.8. The number of nitrogens with two attached hydrogens (primary N) is 1.